The van der Waals surface area contributed by atoms with Crippen molar-refractivity contribution in [3.05, 3.63) is 0 Å². The largest absolute Gasteiger partial charge is 0.469 e. The number of carbonyl (C=O) groups excluding carboxylic acids is 2. The zero-order valence-corrected chi connectivity index (χ0v) is 30.0. The Hall–Kier alpha value is -0.786. The van der Waals surface area contributed by atoms with Gasteiger partial charge in [-0.15, -0.1) is 0 Å². The average Bonchev–Trinajstić information content (AvgIpc) is 2.83. The van der Waals surface area contributed by atoms with Crippen LogP contribution in [-0.2, 0) is 28.1 Å². The molecule has 1 fully saturated rings. The first-order chi connectivity index (χ1) is 18.3. The van der Waals surface area contributed by atoms with E-state index in [1.807, 2.05) is 0 Å². The smallest absolute Gasteiger partial charge is 0.307 e. The van der Waals surface area contributed by atoms with E-state index in [9.17, 15) is 9.59 Å². The van der Waals surface area contributed by atoms with Crippen LogP contribution in [0.1, 0.15) is 106 Å². The van der Waals surface area contributed by atoms with Crippen molar-refractivity contribution in [1.82, 2.24) is 10.1 Å². The van der Waals surface area contributed by atoms with Gasteiger partial charge in [0.05, 0.1) is 27.1 Å². The molecule has 0 N–H and O–H groups in total. The first-order valence-corrected chi connectivity index (χ1v) is 21.2. The van der Waals surface area contributed by atoms with E-state index in [1.54, 1.807) is 0 Å². The van der Waals surface area contributed by atoms with Gasteiger partial charge in [-0.2, -0.15) is 10.1 Å². The maximum Gasteiger partial charge on any atom is 0.307 e. The summed E-state index contributed by atoms with van der Waals surface area (Å²) in [6.07, 6.45) is 8.32. The van der Waals surface area contributed by atoms with Crippen LogP contribution in [0.3, 0.4) is 0 Å². The van der Waals surface area contributed by atoms with Crippen molar-refractivity contribution in [1.29, 1.82) is 0 Å². The molecular weight excluding hydrogens is 541 g/mol. The van der Waals surface area contributed by atoms with E-state index in [-0.39, 0.29) is 34.1 Å². The quantitative estimate of drug-likeness (QED) is 0.209. The standard InChI is InChI=1S/C30H62N2O6Si2/c1-29(2,3)39(9,10)37-31-21-17-13-16-20-26(24-28(34)36-8)32(38-40(11,12)30(4,5)6)22-18-14-15-19-25(31)23-27(33)35-7/h25-26H,13-24H2,1-12H3. The van der Waals surface area contributed by atoms with Gasteiger partial charge in [0.1, 0.15) is 0 Å². The summed E-state index contributed by atoms with van der Waals surface area (Å²) in [4.78, 5) is 24.8. The van der Waals surface area contributed by atoms with Crippen LogP contribution in [-0.4, -0.2) is 78.1 Å². The molecule has 1 heterocycles. The monoisotopic (exact) mass is 602 g/mol. The number of hydrogen-bond acceptors (Lipinski definition) is 8. The summed E-state index contributed by atoms with van der Waals surface area (Å²) >= 11 is 0. The molecule has 1 aliphatic rings. The van der Waals surface area contributed by atoms with Crippen molar-refractivity contribution < 1.29 is 28.1 Å². The second kappa shape index (κ2) is 16.2. The normalized spacial score (nSPS) is 22.4. The van der Waals surface area contributed by atoms with Gasteiger partial charge in [0.25, 0.3) is 0 Å². The molecule has 0 spiro atoms. The van der Waals surface area contributed by atoms with Gasteiger partial charge in [-0.1, -0.05) is 67.2 Å². The van der Waals surface area contributed by atoms with Gasteiger partial charge in [0.15, 0.2) is 0 Å². The van der Waals surface area contributed by atoms with E-state index in [1.165, 1.54) is 14.2 Å². The van der Waals surface area contributed by atoms with E-state index >= 15 is 0 Å². The van der Waals surface area contributed by atoms with Crippen molar-refractivity contribution in [2.45, 2.75) is 154 Å². The molecule has 0 aliphatic carbocycles. The van der Waals surface area contributed by atoms with Gasteiger partial charge < -0.3 is 18.5 Å². The van der Waals surface area contributed by atoms with Crippen LogP contribution >= 0.6 is 0 Å². The molecule has 0 saturated carbocycles. The minimum absolute atomic E-state index is 0.00354. The molecular formula is C30H62N2O6Si2. The van der Waals surface area contributed by atoms with Crippen LogP contribution in [0.5, 0.6) is 0 Å². The Morgan fingerprint density at radius 3 is 1.23 bits per heavy atom. The molecule has 2 atom stereocenters. The number of esters is 2. The van der Waals surface area contributed by atoms with E-state index < -0.39 is 16.6 Å². The SMILES string of the molecule is COC(=O)CC1CCCCCN(O[Si](C)(C)C(C)(C)C)C(CC(=O)OC)CCCCCN1O[Si](C)(C)C(C)(C)C. The van der Waals surface area contributed by atoms with Crippen LogP contribution in [0.4, 0.5) is 0 Å². The number of methoxy groups -OCH3 is 2. The number of hydrogen-bond donors (Lipinski definition) is 0. The lowest BCUT2D eigenvalue weighted by atomic mass is 10.0. The Bertz CT molecular complexity index is 715. The molecule has 10 heteroatoms. The number of carbonyl (C=O) groups is 2. The lowest BCUT2D eigenvalue weighted by Crippen LogP contribution is -2.51. The van der Waals surface area contributed by atoms with E-state index in [0.29, 0.717) is 12.8 Å². The predicted octanol–water partition coefficient (Wildman–Crippen LogP) is 7.46. The number of hydroxylamine groups is 4. The molecule has 1 saturated heterocycles. The third-order valence-electron chi connectivity index (χ3n) is 9.21. The van der Waals surface area contributed by atoms with Crippen LogP contribution in [0.2, 0.25) is 36.3 Å². The summed E-state index contributed by atoms with van der Waals surface area (Å²) in [5.41, 5.74) is 0. The fourth-order valence-corrected chi connectivity index (χ4v) is 6.56. The van der Waals surface area contributed by atoms with Crippen LogP contribution in [0.15, 0.2) is 0 Å². The lowest BCUT2D eigenvalue weighted by Gasteiger charge is -2.43. The highest BCUT2D eigenvalue weighted by atomic mass is 28.4. The van der Waals surface area contributed by atoms with Gasteiger partial charge in [-0.3, -0.25) is 9.59 Å². The van der Waals surface area contributed by atoms with Crippen LogP contribution < -0.4 is 0 Å². The third kappa shape index (κ3) is 12.2. The molecule has 2 unspecified atom stereocenters. The number of rotatable bonds is 8. The molecule has 0 aromatic heterocycles. The van der Waals surface area contributed by atoms with E-state index in [4.69, 9.17) is 18.5 Å². The Labute approximate surface area is 248 Å². The first kappa shape index (κ1) is 37.2. The molecule has 8 nitrogen and oxygen atoms in total. The second-order valence-corrected chi connectivity index (χ2v) is 24.0. The number of ether oxygens (including phenoxy) is 2. The predicted molar refractivity (Wildman–Crippen MR) is 168 cm³/mol. The Balaban J connectivity index is 3.19. The molecule has 0 aromatic carbocycles. The first-order valence-electron chi connectivity index (χ1n) is 15.4. The highest BCUT2D eigenvalue weighted by molar-refractivity contribution is 6.74. The molecule has 0 radical (unpaired) electrons. The van der Waals surface area contributed by atoms with Crippen molar-refractivity contribution in [2.24, 2.45) is 0 Å². The van der Waals surface area contributed by atoms with Crippen molar-refractivity contribution in [3.63, 3.8) is 0 Å². The lowest BCUT2D eigenvalue weighted by molar-refractivity contribution is -0.153. The molecule has 0 amide bonds. The summed E-state index contributed by atoms with van der Waals surface area (Å²) in [7, 11) is -1.23. The zero-order valence-electron chi connectivity index (χ0n) is 28.0. The Kier molecular flexibility index (Phi) is 15.1. The molecule has 1 rings (SSSR count). The van der Waals surface area contributed by atoms with Gasteiger partial charge >= 0.3 is 11.9 Å². The zero-order chi connectivity index (χ0) is 30.8. The van der Waals surface area contributed by atoms with Crippen molar-refractivity contribution >= 4 is 28.6 Å². The summed E-state index contributed by atoms with van der Waals surface area (Å²) in [5.74, 6) is -0.371. The summed E-state index contributed by atoms with van der Waals surface area (Å²) in [5, 5.41) is 4.41. The molecule has 0 bridgehead atoms. The summed E-state index contributed by atoms with van der Waals surface area (Å²) in [6, 6.07) is -0.00709. The second-order valence-electron chi connectivity index (χ2n) is 14.6. The summed E-state index contributed by atoms with van der Waals surface area (Å²) < 4.78 is 23.8. The fourth-order valence-electron chi connectivity index (χ4n) is 4.36. The maximum atomic E-state index is 12.4. The number of nitrogens with zero attached hydrogens (tertiary/aromatic N) is 2. The minimum atomic E-state index is -2.08. The summed E-state index contributed by atoms with van der Waals surface area (Å²) in [6.45, 7) is 24.1. The Morgan fingerprint density at radius 2 is 0.950 bits per heavy atom. The van der Waals surface area contributed by atoms with Gasteiger partial charge in [-0.25, -0.2) is 0 Å². The van der Waals surface area contributed by atoms with Crippen molar-refractivity contribution in [2.75, 3.05) is 27.3 Å². The minimum Gasteiger partial charge on any atom is -0.469 e. The van der Waals surface area contributed by atoms with Gasteiger partial charge in [0, 0.05) is 25.2 Å². The average molecular weight is 603 g/mol. The fraction of sp³-hybridized carbons (Fsp3) is 0.933. The molecule has 236 valence electrons. The molecule has 1 aliphatic heterocycles. The van der Waals surface area contributed by atoms with E-state index in [2.05, 4.69) is 77.9 Å². The highest BCUT2D eigenvalue weighted by Gasteiger charge is 2.42. The molecule has 40 heavy (non-hydrogen) atoms. The molecule has 0 aromatic rings. The van der Waals surface area contributed by atoms with Gasteiger partial charge in [-0.05, 0) is 61.9 Å². The topological polar surface area (TPSA) is 77.5 Å². The van der Waals surface area contributed by atoms with Gasteiger partial charge in [0.2, 0.25) is 16.6 Å². The third-order valence-corrected chi connectivity index (χ3v) is 17.8. The van der Waals surface area contributed by atoms with Crippen molar-refractivity contribution in [3.8, 4) is 0 Å². The maximum absolute atomic E-state index is 12.4. The van der Waals surface area contributed by atoms with Crippen LogP contribution in [0.25, 0.3) is 0 Å². The van der Waals surface area contributed by atoms with Crippen LogP contribution in [0, 0.1) is 0 Å². The highest BCUT2D eigenvalue weighted by Crippen LogP contribution is 2.39. The Morgan fingerprint density at radius 1 is 0.625 bits per heavy atom. The van der Waals surface area contributed by atoms with E-state index in [0.717, 1.165) is 64.5 Å².